The predicted molar refractivity (Wildman–Crippen MR) is 139 cm³/mol. The number of rotatable bonds is 9. The van der Waals surface area contributed by atoms with Crippen molar-refractivity contribution in [2.24, 2.45) is 0 Å². The van der Waals surface area contributed by atoms with E-state index in [1.807, 2.05) is 40.3 Å². The van der Waals surface area contributed by atoms with Gasteiger partial charge in [-0.25, -0.2) is 10.3 Å². The Morgan fingerprint density at radius 3 is 2.43 bits per heavy atom. The third-order valence-corrected chi connectivity index (χ3v) is 6.74. The second kappa shape index (κ2) is 11.9. The first-order valence-electron chi connectivity index (χ1n) is 12.4. The molecule has 0 unspecified atom stereocenters. The van der Waals surface area contributed by atoms with Gasteiger partial charge in [0.15, 0.2) is 0 Å². The lowest BCUT2D eigenvalue weighted by atomic mass is 10.0. The number of urea groups is 1. The zero-order valence-corrected chi connectivity index (χ0v) is 20.4. The molecule has 35 heavy (non-hydrogen) atoms. The van der Waals surface area contributed by atoms with Gasteiger partial charge in [-0.3, -0.25) is 14.9 Å². The number of benzene rings is 2. The topological polar surface area (TPSA) is 91.9 Å². The quantitative estimate of drug-likeness (QED) is 0.241. The molecule has 0 bridgehead atoms. The van der Waals surface area contributed by atoms with Crippen LogP contribution in [0.25, 0.3) is 22.0 Å². The number of nitrogens with zero attached hydrogens (tertiary/aromatic N) is 3. The molecular weight excluding hydrogens is 442 g/mol. The van der Waals surface area contributed by atoms with Crippen LogP contribution in [-0.4, -0.2) is 71.7 Å². The van der Waals surface area contributed by atoms with Crippen LogP contribution in [0, 0.1) is 0 Å². The van der Waals surface area contributed by atoms with Gasteiger partial charge in [0, 0.05) is 67.5 Å². The number of piperazine rings is 1. The second-order valence-electron chi connectivity index (χ2n) is 9.22. The summed E-state index contributed by atoms with van der Waals surface area (Å²) in [6, 6.07) is 16.6. The number of carbonyl (C=O) groups excluding carboxylic acids is 2. The highest BCUT2D eigenvalue weighted by Gasteiger charge is 2.25. The Kier molecular flexibility index (Phi) is 8.39. The van der Waals surface area contributed by atoms with E-state index in [4.69, 9.17) is 5.21 Å². The molecule has 4 rings (SSSR count). The molecule has 3 amide bonds. The summed E-state index contributed by atoms with van der Waals surface area (Å²) in [6.45, 7) is 3.85. The molecular formula is C27H35N5O3. The lowest BCUT2D eigenvalue weighted by molar-refractivity contribution is -0.129. The van der Waals surface area contributed by atoms with E-state index in [0.29, 0.717) is 13.0 Å². The molecule has 0 aliphatic carbocycles. The Bertz CT molecular complexity index is 1120. The summed E-state index contributed by atoms with van der Waals surface area (Å²) < 4.78 is 0. The maximum atomic E-state index is 13.5. The molecule has 1 saturated heterocycles. The number of aromatic nitrogens is 1. The fourth-order valence-corrected chi connectivity index (χ4v) is 4.60. The first-order valence-corrected chi connectivity index (χ1v) is 12.4. The van der Waals surface area contributed by atoms with Crippen molar-refractivity contribution < 1.29 is 14.8 Å². The fraction of sp³-hybridized carbons (Fsp3) is 0.407. The smallest absolute Gasteiger partial charge is 0.324 e. The number of likely N-dealkylation sites (N-methyl/N-ethyl adjacent to an activating group) is 1. The summed E-state index contributed by atoms with van der Waals surface area (Å²) >= 11 is 0. The molecule has 1 aliphatic rings. The Hall–Kier alpha value is -3.36. The molecule has 2 aromatic carbocycles. The molecule has 0 atom stereocenters. The summed E-state index contributed by atoms with van der Waals surface area (Å²) in [5.41, 5.74) is 5.94. The van der Waals surface area contributed by atoms with Crippen molar-refractivity contribution in [2.45, 2.75) is 32.1 Å². The molecule has 8 nitrogen and oxygen atoms in total. The Labute approximate surface area is 206 Å². The average Bonchev–Trinajstić information content (AvgIpc) is 3.32. The Morgan fingerprint density at radius 1 is 0.971 bits per heavy atom. The zero-order chi connectivity index (χ0) is 24.6. The van der Waals surface area contributed by atoms with Crippen LogP contribution in [0.15, 0.2) is 54.7 Å². The second-order valence-corrected chi connectivity index (χ2v) is 9.22. The lowest BCUT2D eigenvalue weighted by Crippen LogP contribution is -2.52. The number of carbonyl (C=O) groups is 2. The average molecular weight is 478 g/mol. The summed E-state index contributed by atoms with van der Waals surface area (Å²) in [7, 11) is 2.08. The normalized spacial score (nSPS) is 14.3. The first kappa shape index (κ1) is 24.8. The largest absolute Gasteiger partial charge is 0.361 e. The predicted octanol–water partition coefficient (Wildman–Crippen LogP) is 4.46. The number of fused-ring (bicyclic) bond motifs is 1. The van der Waals surface area contributed by atoms with Crippen molar-refractivity contribution in [3.63, 3.8) is 0 Å². The van der Waals surface area contributed by atoms with E-state index in [2.05, 4.69) is 41.2 Å². The molecule has 3 N–H and O–H groups in total. The van der Waals surface area contributed by atoms with Crippen LogP contribution < -0.4 is 10.4 Å². The van der Waals surface area contributed by atoms with E-state index < -0.39 is 0 Å². The van der Waals surface area contributed by atoms with Gasteiger partial charge in [-0.05, 0) is 43.7 Å². The summed E-state index contributed by atoms with van der Waals surface area (Å²) in [5.74, 6) is -0.354. The van der Waals surface area contributed by atoms with Crippen molar-refractivity contribution >= 4 is 28.5 Å². The highest BCUT2D eigenvalue weighted by Crippen LogP contribution is 2.30. The van der Waals surface area contributed by atoms with Crippen molar-refractivity contribution in [1.82, 2.24) is 20.3 Å². The monoisotopic (exact) mass is 477 g/mol. The number of aromatic amines is 1. The third kappa shape index (κ3) is 6.21. The Balaban J connectivity index is 1.45. The van der Waals surface area contributed by atoms with E-state index in [1.54, 1.807) is 5.48 Å². The fourth-order valence-electron chi connectivity index (χ4n) is 4.60. The number of nitrogens with one attached hydrogen (secondary N) is 2. The first-order chi connectivity index (χ1) is 17.1. The van der Waals surface area contributed by atoms with Gasteiger partial charge in [0.25, 0.3) is 0 Å². The SMILES string of the molecule is CN1CCN(C(=O)N(CCCCCCC(=O)NO)c2ccc(-c3c[nH]c4ccccc34)cc2)CC1. The number of hydrogen-bond donors (Lipinski definition) is 3. The van der Waals surface area contributed by atoms with Gasteiger partial charge in [0.2, 0.25) is 5.91 Å². The number of hydrogen-bond acceptors (Lipinski definition) is 4. The molecule has 3 aromatic rings. The molecule has 1 aromatic heterocycles. The maximum Gasteiger partial charge on any atom is 0.324 e. The van der Waals surface area contributed by atoms with Gasteiger partial charge in [-0.1, -0.05) is 43.2 Å². The number of unbranched alkanes of at least 4 members (excludes halogenated alkanes) is 3. The number of amides is 3. The van der Waals surface area contributed by atoms with Gasteiger partial charge in [-0.15, -0.1) is 0 Å². The van der Waals surface area contributed by atoms with Gasteiger partial charge < -0.3 is 14.8 Å². The summed E-state index contributed by atoms with van der Waals surface area (Å²) in [4.78, 5) is 34.1. The molecule has 0 spiro atoms. The summed E-state index contributed by atoms with van der Waals surface area (Å²) in [5, 5.41) is 9.80. The third-order valence-electron chi connectivity index (χ3n) is 6.74. The molecule has 1 fully saturated rings. The lowest BCUT2D eigenvalue weighted by Gasteiger charge is -2.36. The number of para-hydroxylation sites is 1. The van der Waals surface area contributed by atoms with Crippen molar-refractivity contribution in [3.05, 3.63) is 54.7 Å². The van der Waals surface area contributed by atoms with Gasteiger partial charge in [0.1, 0.15) is 0 Å². The summed E-state index contributed by atoms with van der Waals surface area (Å²) in [6.07, 6.45) is 5.71. The van der Waals surface area contributed by atoms with Crippen LogP contribution in [0.4, 0.5) is 10.5 Å². The van der Waals surface area contributed by atoms with Crippen molar-refractivity contribution in [2.75, 3.05) is 44.7 Å². The minimum Gasteiger partial charge on any atom is -0.361 e. The molecule has 2 heterocycles. The number of anilines is 1. The van der Waals surface area contributed by atoms with Crippen LogP contribution in [0.3, 0.4) is 0 Å². The van der Waals surface area contributed by atoms with Crippen LogP contribution in [0.2, 0.25) is 0 Å². The molecule has 1 aliphatic heterocycles. The zero-order valence-electron chi connectivity index (χ0n) is 20.4. The van der Waals surface area contributed by atoms with E-state index in [9.17, 15) is 9.59 Å². The van der Waals surface area contributed by atoms with Gasteiger partial charge in [-0.2, -0.15) is 0 Å². The minimum atomic E-state index is -0.354. The molecule has 186 valence electrons. The van der Waals surface area contributed by atoms with E-state index in [0.717, 1.165) is 74.2 Å². The molecule has 0 saturated carbocycles. The maximum absolute atomic E-state index is 13.5. The Morgan fingerprint density at radius 2 is 1.69 bits per heavy atom. The van der Waals surface area contributed by atoms with E-state index >= 15 is 0 Å². The minimum absolute atomic E-state index is 0.0533. The van der Waals surface area contributed by atoms with Crippen molar-refractivity contribution in [3.8, 4) is 11.1 Å². The molecule has 8 heteroatoms. The van der Waals surface area contributed by atoms with Crippen LogP contribution >= 0.6 is 0 Å². The van der Waals surface area contributed by atoms with Gasteiger partial charge >= 0.3 is 6.03 Å². The highest BCUT2D eigenvalue weighted by molar-refractivity contribution is 5.96. The standard InChI is InChI=1S/C27H35N5O3/c1-30-16-18-31(19-17-30)27(34)32(15-7-3-2-4-10-26(33)29-35)22-13-11-21(12-14-22)24-20-28-25-9-6-5-8-23(24)25/h5-6,8-9,11-14,20,28,35H,2-4,7,10,15-19H2,1H3,(H,29,33). The number of hydroxylamine groups is 1. The van der Waals surface area contributed by atoms with Gasteiger partial charge in [0.05, 0.1) is 0 Å². The van der Waals surface area contributed by atoms with Crippen LogP contribution in [-0.2, 0) is 4.79 Å². The molecule has 0 radical (unpaired) electrons. The van der Waals surface area contributed by atoms with Crippen LogP contribution in [0.1, 0.15) is 32.1 Å². The number of H-pyrrole nitrogens is 1. The van der Waals surface area contributed by atoms with E-state index in [1.165, 1.54) is 5.39 Å². The van der Waals surface area contributed by atoms with Crippen molar-refractivity contribution in [1.29, 1.82) is 0 Å². The van der Waals surface area contributed by atoms with E-state index in [-0.39, 0.29) is 11.9 Å². The highest BCUT2D eigenvalue weighted by atomic mass is 16.5. The van der Waals surface area contributed by atoms with Crippen LogP contribution in [0.5, 0.6) is 0 Å².